The van der Waals surface area contributed by atoms with Gasteiger partial charge in [-0.15, -0.1) is 0 Å². The number of pyridine rings is 1. The standard InChI is InChI=1S/C22H20N4O/c1-14(27)26-19-4-2-3-17(9-19)18-10-20-21(13-25-22(20)24-12-18)16-7-5-15(11-23)6-8-16/h2-10,12-13H,11,23H2,1H3,(H,24,25)(H,26,27). The van der Waals surface area contributed by atoms with Crippen LogP contribution < -0.4 is 11.1 Å². The molecule has 0 radical (unpaired) electrons. The summed E-state index contributed by atoms with van der Waals surface area (Å²) in [6.07, 6.45) is 3.82. The van der Waals surface area contributed by atoms with Crippen LogP contribution in [0.25, 0.3) is 33.3 Å². The van der Waals surface area contributed by atoms with Gasteiger partial charge in [-0.3, -0.25) is 4.79 Å². The summed E-state index contributed by atoms with van der Waals surface area (Å²) in [7, 11) is 0. The van der Waals surface area contributed by atoms with Crippen LogP contribution in [-0.4, -0.2) is 15.9 Å². The topological polar surface area (TPSA) is 83.8 Å². The van der Waals surface area contributed by atoms with Crippen molar-refractivity contribution in [2.45, 2.75) is 13.5 Å². The zero-order valence-corrected chi connectivity index (χ0v) is 15.0. The highest BCUT2D eigenvalue weighted by molar-refractivity contribution is 5.96. The van der Waals surface area contributed by atoms with E-state index in [1.165, 1.54) is 6.92 Å². The summed E-state index contributed by atoms with van der Waals surface area (Å²) in [5.41, 5.74) is 12.6. The number of rotatable bonds is 4. The van der Waals surface area contributed by atoms with Crippen LogP contribution in [0.2, 0.25) is 0 Å². The minimum absolute atomic E-state index is 0.0884. The molecule has 0 atom stereocenters. The lowest BCUT2D eigenvalue weighted by molar-refractivity contribution is -0.114. The number of H-pyrrole nitrogens is 1. The molecule has 27 heavy (non-hydrogen) atoms. The van der Waals surface area contributed by atoms with Crippen molar-refractivity contribution in [1.29, 1.82) is 0 Å². The van der Waals surface area contributed by atoms with Gasteiger partial charge in [-0.05, 0) is 34.9 Å². The summed E-state index contributed by atoms with van der Waals surface area (Å²) < 4.78 is 0. The summed E-state index contributed by atoms with van der Waals surface area (Å²) in [6.45, 7) is 2.03. The number of carbonyl (C=O) groups is 1. The number of benzene rings is 2. The van der Waals surface area contributed by atoms with E-state index in [4.69, 9.17) is 5.73 Å². The minimum Gasteiger partial charge on any atom is -0.346 e. The van der Waals surface area contributed by atoms with E-state index in [0.29, 0.717) is 6.54 Å². The third-order valence-corrected chi connectivity index (χ3v) is 4.55. The number of nitrogens with zero attached hydrogens (tertiary/aromatic N) is 1. The molecule has 0 spiro atoms. The van der Waals surface area contributed by atoms with E-state index >= 15 is 0 Å². The summed E-state index contributed by atoms with van der Waals surface area (Å²) in [4.78, 5) is 19.1. The molecule has 5 heteroatoms. The second-order valence-electron chi connectivity index (χ2n) is 6.49. The van der Waals surface area contributed by atoms with Gasteiger partial charge in [-0.25, -0.2) is 4.98 Å². The van der Waals surface area contributed by atoms with Gasteiger partial charge in [0.15, 0.2) is 0 Å². The summed E-state index contributed by atoms with van der Waals surface area (Å²) in [5.74, 6) is -0.0884. The fraction of sp³-hybridized carbons (Fsp3) is 0.0909. The van der Waals surface area contributed by atoms with E-state index in [0.717, 1.165) is 44.5 Å². The summed E-state index contributed by atoms with van der Waals surface area (Å²) >= 11 is 0. The molecule has 4 aromatic rings. The molecule has 2 aromatic carbocycles. The Morgan fingerprint density at radius 3 is 2.63 bits per heavy atom. The summed E-state index contributed by atoms with van der Waals surface area (Å²) in [6, 6.07) is 18.1. The average Bonchev–Trinajstić information content (AvgIpc) is 3.11. The first kappa shape index (κ1) is 17.0. The van der Waals surface area contributed by atoms with Gasteiger partial charge in [-0.1, -0.05) is 36.4 Å². The Morgan fingerprint density at radius 1 is 1.07 bits per heavy atom. The molecular weight excluding hydrogens is 336 g/mol. The van der Waals surface area contributed by atoms with Crippen LogP contribution in [0.1, 0.15) is 12.5 Å². The van der Waals surface area contributed by atoms with Gasteiger partial charge in [0.1, 0.15) is 5.65 Å². The Balaban J connectivity index is 1.76. The molecule has 0 unspecified atom stereocenters. The van der Waals surface area contributed by atoms with Crippen LogP contribution >= 0.6 is 0 Å². The normalized spacial score (nSPS) is 10.9. The maximum Gasteiger partial charge on any atom is 0.221 e. The number of aromatic amines is 1. The Bertz CT molecular complexity index is 1110. The van der Waals surface area contributed by atoms with Crippen molar-refractivity contribution in [3.8, 4) is 22.3 Å². The molecule has 0 aliphatic carbocycles. The molecule has 1 amide bonds. The highest BCUT2D eigenvalue weighted by atomic mass is 16.1. The molecule has 0 bridgehead atoms. The third kappa shape index (κ3) is 3.45. The molecule has 0 saturated carbocycles. The number of hydrogen-bond acceptors (Lipinski definition) is 3. The Morgan fingerprint density at radius 2 is 1.89 bits per heavy atom. The molecule has 0 saturated heterocycles. The van der Waals surface area contributed by atoms with Gasteiger partial charge in [0.05, 0.1) is 0 Å². The maximum absolute atomic E-state index is 11.3. The lowest BCUT2D eigenvalue weighted by Gasteiger charge is -2.07. The number of fused-ring (bicyclic) bond motifs is 1. The minimum atomic E-state index is -0.0884. The van der Waals surface area contributed by atoms with Crippen LogP contribution in [0.5, 0.6) is 0 Å². The average molecular weight is 356 g/mol. The van der Waals surface area contributed by atoms with Crippen molar-refractivity contribution in [1.82, 2.24) is 9.97 Å². The highest BCUT2D eigenvalue weighted by Crippen LogP contribution is 2.31. The number of amides is 1. The van der Waals surface area contributed by atoms with Crippen molar-refractivity contribution in [2.24, 2.45) is 5.73 Å². The van der Waals surface area contributed by atoms with Crippen LogP contribution in [0.4, 0.5) is 5.69 Å². The molecule has 0 fully saturated rings. The first-order valence-electron chi connectivity index (χ1n) is 8.78. The molecule has 4 rings (SSSR count). The van der Waals surface area contributed by atoms with E-state index in [1.807, 2.05) is 48.8 Å². The first-order chi connectivity index (χ1) is 13.1. The fourth-order valence-corrected chi connectivity index (χ4v) is 3.20. The smallest absolute Gasteiger partial charge is 0.221 e. The molecule has 2 heterocycles. The fourth-order valence-electron chi connectivity index (χ4n) is 3.20. The number of hydrogen-bond donors (Lipinski definition) is 3. The van der Waals surface area contributed by atoms with E-state index in [1.54, 1.807) is 0 Å². The number of anilines is 1. The molecule has 5 nitrogen and oxygen atoms in total. The quantitative estimate of drug-likeness (QED) is 0.509. The van der Waals surface area contributed by atoms with Gasteiger partial charge < -0.3 is 16.0 Å². The van der Waals surface area contributed by atoms with Crippen LogP contribution in [0.3, 0.4) is 0 Å². The predicted octanol–water partition coefficient (Wildman–Crippen LogP) is 4.31. The lowest BCUT2D eigenvalue weighted by Crippen LogP contribution is -2.05. The van der Waals surface area contributed by atoms with Gasteiger partial charge in [0, 0.05) is 48.1 Å². The van der Waals surface area contributed by atoms with Crippen molar-refractivity contribution in [3.63, 3.8) is 0 Å². The number of nitrogens with one attached hydrogen (secondary N) is 2. The Labute approximate surface area is 157 Å². The van der Waals surface area contributed by atoms with Gasteiger partial charge in [0.25, 0.3) is 0 Å². The van der Waals surface area contributed by atoms with Crippen molar-refractivity contribution >= 4 is 22.6 Å². The number of aromatic nitrogens is 2. The van der Waals surface area contributed by atoms with Crippen molar-refractivity contribution in [2.75, 3.05) is 5.32 Å². The monoisotopic (exact) mass is 356 g/mol. The first-order valence-corrected chi connectivity index (χ1v) is 8.78. The maximum atomic E-state index is 11.3. The largest absolute Gasteiger partial charge is 0.346 e. The molecule has 134 valence electrons. The van der Waals surface area contributed by atoms with E-state index in [9.17, 15) is 4.79 Å². The molecule has 0 aliphatic heterocycles. The van der Waals surface area contributed by atoms with E-state index in [-0.39, 0.29) is 5.91 Å². The number of carbonyl (C=O) groups excluding carboxylic acids is 1. The second kappa shape index (κ2) is 7.05. The Hall–Kier alpha value is -3.44. The SMILES string of the molecule is CC(=O)Nc1cccc(-c2cnc3[nH]cc(-c4ccc(CN)cc4)c3c2)c1. The molecule has 2 aromatic heterocycles. The van der Waals surface area contributed by atoms with Gasteiger partial charge in [0.2, 0.25) is 5.91 Å². The molecule has 4 N–H and O–H groups in total. The zero-order chi connectivity index (χ0) is 18.8. The van der Waals surface area contributed by atoms with Gasteiger partial charge >= 0.3 is 0 Å². The van der Waals surface area contributed by atoms with Crippen LogP contribution in [0, 0.1) is 0 Å². The van der Waals surface area contributed by atoms with Crippen LogP contribution in [-0.2, 0) is 11.3 Å². The predicted molar refractivity (Wildman–Crippen MR) is 109 cm³/mol. The zero-order valence-electron chi connectivity index (χ0n) is 15.0. The van der Waals surface area contributed by atoms with Crippen molar-refractivity contribution in [3.05, 3.63) is 72.6 Å². The van der Waals surface area contributed by atoms with Gasteiger partial charge in [-0.2, -0.15) is 0 Å². The van der Waals surface area contributed by atoms with Crippen molar-refractivity contribution < 1.29 is 4.79 Å². The highest BCUT2D eigenvalue weighted by Gasteiger charge is 2.10. The van der Waals surface area contributed by atoms with Crippen LogP contribution in [0.15, 0.2) is 67.0 Å². The summed E-state index contributed by atoms with van der Waals surface area (Å²) in [5, 5.41) is 3.87. The van der Waals surface area contributed by atoms with E-state index in [2.05, 4.69) is 33.5 Å². The van der Waals surface area contributed by atoms with E-state index < -0.39 is 0 Å². The third-order valence-electron chi connectivity index (χ3n) is 4.55. The molecule has 0 aliphatic rings. The lowest BCUT2D eigenvalue weighted by atomic mass is 10.0. The molecular formula is C22H20N4O. The second-order valence-corrected chi connectivity index (χ2v) is 6.49. The number of nitrogens with two attached hydrogens (primary N) is 1. The Kier molecular flexibility index (Phi) is 4.44.